The summed E-state index contributed by atoms with van der Waals surface area (Å²) in [6.07, 6.45) is 0.343. The molecular formula is C15H29AlLiO7P. The van der Waals surface area contributed by atoms with Crippen LogP contribution in [0.2, 0.25) is 0 Å². The average Bonchev–Trinajstić information content (AvgIpc) is 2.38. The summed E-state index contributed by atoms with van der Waals surface area (Å²) in [6, 6.07) is 9.60. The van der Waals surface area contributed by atoms with Crippen LogP contribution in [0.25, 0.3) is 0 Å². The van der Waals surface area contributed by atoms with Crippen molar-refractivity contribution in [2.24, 2.45) is 0 Å². The molecule has 0 aliphatic heterocycles. The first-order valence-electron chi connectivity index (χ1n) is 6.98. The Morgan fingerprint density at radius 1 is 0.960 bits per heavy atom. The standard InChI is InChI=1S/C11H17O3P.2C2H4O2.Al.Li.4H/c1-3-13-15(12,14-4-2)10-11-8-6-5-7-9-11;2*1-2(3)4;;;;;;/h5-9H,3-4,10H2,1-2H3;2*1H3,(H,3,4);;;;;;. The number of aliphatic carboxylic acids is 2. The van der Waals surface area contributed by atoms with E-state index in [1.807, 2.05) is 44.2 Å². The third kappa shape index (κ3) is 25.8. The maximum absolute atomic E-state index is 12.1. The molecule has 2 N–H and O–H groups in total. The van der Waals surface area contributed by atoms with Crippen LogP contribution >= 0.6 is 7.60 Å². The number of rotatable bonds is 6. The van der Waals surface area contributed by atoms with E-state index in [4.69, 9.17) is 28.8 Å². The van der Waals surface area contributed by atoms with E-state index in [2.05, 4.69) is 0 Å². The molecule has 0 heterocycles. The fraction of sp³-hybridized carbons (Fsp3) is 0.467. The van der Waals surface area contributed by atoms with Gasteiger partial charge in [-0.3, -0.25) is 14.2 Å². The van der Waals surface area contributed by atoms with Crippen molar-refractivity contribution in [3.05, 3.63) is 35.9 Å². The molecule has 0 radical (unpaired) electrons. The summed E-state index contributed by atoms with van der Waals surface area (Å²) >= 11 is 0. The first-order valence-corrected chi connectivity index (χ1v) is 8.70. The first-order chi connectivity index (χ1) is 10.7. The normalized spacial score (nSPS) is 8.96. The molecule has 0 bridgehead atoms. The predicted molar refractivity (Wildman–Crippen MR) is 105 cm³/mol. The molecule has 0 unspecified atom stereocenters. The van der Waals surface area contributed by atoms with Crippen LogP contribution in [0, 0.1) is 0 Å². The minimum atomic E-state index is -2.94. The number of carboxylic acids is 2. The number of benzene rings is 1. The zero-order valence-corrected chi connectivity index (χ0v) is 14.8. The number of carbonyl (C=O) groups is 2. The van der Waals surface area contributed by atoms with Crippen LogP contribution in [0.3, 0.4) is 0 Å². The van der Waals surface area contributed by atoms with E-state index < -0.39 is 19.5 Å². The fourth-order valence-corrected chi connectivity index (χ4v) is 3.03. The van der Waals surface area contributed by atoms with Gasteiger partial charge in [-0.15, -0.1) is 0 Å². The topological polar surface area (TPSA) is 110 Å². The average molecular weight is 386 g/mol. The maximum atomic E-state index is 12.1. The quantitative estimate of drug-likeness (QED) is 0.567. The molecule has 0 fully saturated rings. The molecule has 140 valence electrons. The van der Waals surface area contributed by atoms with Crippen LogP contribution in [0.15, 0.2) is 30.3 Å². The third-order valence-electron chi connectivity index (χ3n) is 1.87. The molecule has 1 aromatic carbocycles. The van der Waals surface area contributed by atoms with Gasteiger partial charge in [-0.25, -0.2) is 0 Å². The van der Waals surface area contributed by atoms with Gasteiger partial charge in [0.05, 0.1) is 19.4 Å². The molecule has 25 heavy (non-hydrogen) atoms. The van der Waals surface area contributed by atoms with E-state index in [-0.39, 0.29) is 36.2 Å². The zero-order chi connectivity index (χ0) is 18.3. The molecule has 0 amide bonds. The van der Waals surface area contributed by atoms with Crippen molar-refractivity contribution in [1.29, 1.82) is 0 Å². The predicted octanol–water partition coefficient (Wildman–Crippen LogP) is 1.80. The van der Waals surface area contributed by atoms with Gasteiger partial charge >= 0.3 is 26.5 Å². The Morgan fingerprint density at radius 2 is 1.28 bits per heavy atom. The summed E-state index contributed by atoms with van der Waals surface area (Å²) in [6.45, 7) is 6.61. The van der Waals surface area contributed by atoms with Crippen LogP contribution in [0.4, 0.5) is 0 Å². The second-order valence-electron chi connectivity index (χ2n) is 4.13. The molecule has 0 aliphatic carbocycles. The van der Waals surface area contributed by atoms with E-state index in [1.165, 1.54) is 0 Å². The van der Waals surface area contributed by atoms with E-state index in [0.29, 0.717) is 19.4 Å². The second-order valence-corrected chi connectivity index (χ2v) is 6.18. The van der Waals surface area contributed by atoms with Crippen molar-refractivity contribution in [1.82, 2.24) is 0 Å². The SMILES string of the molecule is CC(=O)O.CC(=O)O.CCOP(=O)(Cc1ccccc1)OCC.[AlH3].[LiH]. The summed E-state index contributed by atoms with van der Waals surface area (Å²) in [5.41, 5.74) is 0.975. The van der Waals surface area contributed by atoms with Crippen molar-refractivity contribution >= 4 is 55.8 Å². The zero-order valence-electron chi connectivity index (χ0n) is 13.9. The molecule has 1 aromatic rings. The number of hydrogen-bond donors (Lipinski definition) is 2. The summed E-state index contributed by atoms with van der Waals surface area (Å²) < 4.78 is 22.6. The molecule has 0 saturated heterocycles. The number of carboxylic acid groups (broad SMARTS) is 2. The Morgan fingerprint density at radius 3 is 1.56 bits per heavy atom. The van der Waals surface area contributed by atoms with Crippen molar-refractivity contribution in [3.63, 3.8) is 0 Å². The van der Waals surface area contributed by atoms with Gasteiger partial charge in [0.25, 0.3) is 11.9 Å². The van der Waals surface area contributed by atoms with Crippen molar-refractivity contribution in [3.8, 4) is 0 Å². The van der Waals surface area contributed by atoms with Gasteiger partial charge in [0, 0.05) is 13.8 Å². The van der Waals surface area contributed by atoms with Crippen molar-refractivity contribution < 1.29 is 33.4 Å². The third-order valence-corrected chi connectivity index (χ3v) is 3.93. The Bertz CT molecular complexity index is 470. The second kappa shape index (κ2) is 19.8. The summed E-state index contributed by atoms with van der Waals surface area (Å²) in [7, 11) is -2.94. The van der Waals surface area contributed by atoms with Crippen LogP contribution in [-0.4, -0.2) is 71.6 Å². The van der Waals surface area contributed by atoms with E-state index in [0.717, 1.165) is 19.4 Å². The molecule has 0 spiro atoms. The van der Waals surface area contributed by atoms with E-state index in [1.54, 1.807) is 0 Å². The van der Waals surface area contributed by atoms with Gasteiger partial charge in [-0.05, 0) is 19.4 Å². The Kier molecular flexibility index (Phi) is 25.4. The molecule has 0 atom stereocenters. The molecular weight excluding hydrogens is 357 g/mol. The van der Waals surface area contributed by atoms with E-state index in [9.17, 15) is 4.57 Å². The van der Waals surface area contributed by atoms with Crippen LogP contribution in [0.1, 0.15) is 33.3 Å². The molecule has 0 aliphatic rings. The summed E-state index contributed by atoms with van der Waals surface area (Å²) in [4.78, 5) is 18.0. The van der Waals surface area contributed by atoms with Gasteiger partial charge < -0.3 is 19.3 Å². The van der Waals surface area contributed by atoms with Crippen LogP contribution in [-0.2, 0) is 29.4 Å². The Balaban J connectivity index is -0.000000187. The van der Waals surface area contributed by atoms with Crippen molar-refractivity contribution in [2.45, 2.75) is 33.9 Å². The van der Waals surface area contributed by atoms with Gasteiger partial charge in [0.2, 0.25) is 0 Å². The molecule has 7 nitrogen and oxygen atoms in total. The monoisotopic (exact) mass is 386 g/mol. The molecule has 0 saturated carbocycles. The summed E-state index contributed by atoms with van der Waals surface area (Å²) in [5, 5.41) is 14.8. The van der Waals surface area contributed by atoms with Gasteiger partial charge in [-0.2, -0.15) is 0 Å². The van der Waals surface area contributed by atoms with Crippen LogP contribution < -0.4 is 0 Å². The summed E-state index contributed by atoms with van der Waals surface area (Å²) in [5.74, 6) is -1.67. The van der Waals surface area contributed by atoms with Gasteiger partial charge in [0.15, 0.2) is 17.4 Å². The van der Waals surface area contributed by atoms with E-state index >= 15 is 0 Å². The minimum absolute atomic E-state index is 0. The molecule has 10 heteroatoms. The first kappa shape index (κ1) is 32.1. The Labute approximate surface area is 172 Å². The van der Waals surface area contributed by atoms with Gasteiger partial charge in [-0.1, -0.05) is 30.3 Å². The van der Waals surface area contributed by atoms with Crippen LogP contribution in [0.5, 0.6) is 0 Å². The Hall–Kier alpha value is -0.560. The van der Waals surface area contributed by atoms with Gasteiger partial charge in [0.1, 0.15) is 0 Å². The molecule has 1 rings (SSSR count). The number of hydrogen-bond acceptors (Lipinski definition) is 5. The molecule has 0 aromatic heterocycles. The van der Waals surface area contributed by atoms with Crippen molar-refractivity contribution in [2.75, 3.05) is 13.2 Å². The fourth-order valence-electron chi connectivity index (χ4n) is 1.33.